The van der Waals surface area contributed by atoms with Gasteiger partial charge in [0.15, 0.2) is 0 Å². The number of halogens is 1. The van der Waals surface area contributed by atoms with Crippen molar-refractivity contribution in [3.8, 4) is 23.0 Å². The molecule has 0 radical (unpaired) electrons. The summed E-state index contributed by atoms with van der Waals surface area (Å²) in [6, 6.07) is 15.8. The van der Waals surface area contributed by atoms with Crippen LogP contribution in [0.2, 0.25) is 0 Å². The second-order valence-corrected chi connectivity index (χ2v) is 5.85. The van der Waals surface area contributed by atoms with Gasteiger partial charge in [-0.2, -0.15) is 0 Å². The number of hydrogen-bond acceptors (Lipinski definition) is 2. The summed E-state index contributed by atoms with van der Waals surface area (Å²) < 4.78 is 1.05. The van der Waals surface area contributed by atoms with Crippen LogP contribution in [0.25, 0.3) is 11.1 Å². The summed E-state index contributed by atoms with van der Waals surface area (Å²) in [5.74, 6) is 5.55. The third-order valence-corrected chi connectivity index (χ3v) is 3.72. The normalized spacial score (nSPS) is 13.1. The fourth-order valence-electron chi connectivity index (χ4n) is 1.99. The molecule has 2 N–H and O–H groups in total. The van der Waals surface area contributed by atoms with E-state index in [1.165, 1.54) is 0 Å². The predicted molar refractivity (Wildman–Crippen MR) is 88.6 cm³/mol. The van der Waals surface area contributed by atoms with Crippen molar-refractivity contribution in [1.29, 1.82) is 0 Å². The molecule has 3 heteroatoms. The van der Waals surface area contributed by atoms with Crippen molar-refractivity contribution in [2.24, 2.45) is 0 Å². The Bertz CT molecular complexity index is 646. The van der Waals surface area contributed by atoms with Crippen LogP contribution in [-0.4, -0.2) is 16.8 Å². The van der Waals surface area contributed by atoms with Gasteiger partial charge < -0.3 is 10.2 Å². The molecule has 0 fully saturated rings. The lowest BCUT2D eigenvalue weighted by atomic mass is 9.94. The Kier molecular flexibility index (Phi) is 5.19. The van der Waals surface area contributed by atoms with E-state index in [1.807, 2.05) is 48.5 Å². The summed E-state index contributed by atoms with van der Waals surface area (Å²) in [5, 5.41) is 19.1. The fourth-order valence-corrected chi connectivity index (χ4v) is 2.26. The van der Waals surface area contributed by atoms with Crippen LogP contribution < -0.4 is 0 Å². The summed E-state index contributed by atoms with van der Waals surface area (Å²) in [6.45, 7) is 1.66. The Balaban J connectivity index is 2.23. The highest BCUT2D eigenvalue weighted by atomic mass is 79.9. The Morgan fingerprint density at radius 2 is 1.52 bits per heavy atom. The molecule has 1 unspecified atom stereocenters. The van der Waals surface area contributed by atoms with Crippen molar-refractivity contribution in [2.75, 3.05) is 6.61 Å². The molecule has 21 heavy (non-hydrogen) atoms. The van der Waals surface area contributed by atoms with E-state index in [0.29, 0.717) is 6.42 Å². The number of aliphatic hydroxyl groups excluding tert-OH is 1. The van der Waals surface area contributed by atoms with Gasteiger partial charge in [-0.05, 0) is 35.7 Å². The van der Waals surface area contributed by atoms with Crippen LogP contribution in [0, 0.1) is 11.8 Å². The van der Waals surface area contributed by atoms with Crippen LogP contribution in [0.3, 0.4) is 0 Å². The average molecular weight is 345 g/mol. The molecule has 108 valence electrons. The summed E-state index contributed by atoms with van der Waals surface area (Å²) in [6.07, 6.45) is 0.368. The van der Waals surface area contributed by atoms with E-state index in [0.717, 1.165) is 21.2 Å². The van der Waals surface area contributed by atoms with E-state index >= 15 is 0 Å². The maximum Gasteiger partial charge on any atom is 0.148 e. The first-order valence-electron chi connectivity index (χ1n) is 6.73. The van der Waals surface area contributed by atoms with Gasteiger partial charge in [-0.1, -0.05) is 64.2 Å². The third-order valence-electron chi connectivity index (χ3n) is 3.19. The minimum absolute atomic E-state index is 0.00554. The van der Waals surface area contributed by atoms with E-state index in [2.05, 4.69) is 27.8 Å². The predicted octanol–water partition coefficient (Wildman–Crippen LogP) is 3.71. The van der Waals surface area contributed by atoms with E-state index < -0.39 is 5.60 Å². The Hall–Kier alpha value is -1.60. The molecule has 0 bridgehead atoms. The molecule has 2 nitrogen and oxygen atoms in total. The van der Waals surface area contributed by atoms with Gasteiger partial charge in [0, 0.05) is 10.9 Å². The maximum atomic E-state index is 10.3. The summed E-state index contributed by atoms with van der Waals surface area (Å²) >= 11 is 3.42. The highest BCUT2D eigenvalue weighted by molar-refractivity contribution is 9.10. The zero-order valence-electron chi connectivity index (χ0n) is 11.8. The molecule has 2 aromatic carbocycles. The smallest absolute Gasteiger partial charge is 0.148 e. The van der Waals surface area contributed by atoms with Crippen LogP contribution in [0.5, 0.6) is 0 Å². The zero-order valence-corrected chi connectivity index (χ0v) is 13.4. The van der Waals surface area contributed by atoms with Gasteiger partial charge in [0.05, 0.1) is 6.61 Å². The van der Waals surface area contributed by atoms with Gasteiger partial charge in [-0.25, -0.2) is 0 Å². The Morgan fingerprint density at radius 3 is 2.05 bits per heavy atom. The molecule has 1 atom stereocenters. The van der Waals surface area contributed by atoms with Crippen LogP contribution in [0.15, 0.2) is 53.0 Å². The molecule has 0 spiro atoms. The van der Waals surface area contributed by atoms with Gasteiger partial charge >= 0.3 is 0 Å². The van der Waals surface area contributed by atoms with Gasteiger partial charge in [-0.3, -0.25) is 0 Å². The van der Waals surface area contributed by atoms with E-state index in [9.17, 15) is 5.11 Å². The summed E-state index contributed by atoms with van der Waals surface area (Å²) in [5.41, 5.74) is 1.75. The van der Waals surface area contributed by atoms with Crippen LogP contribution in [0.1, 0.15) is 18.9 Å². The molecule has 0 aromatic heterocycles. The van der Waals surface area contributed by atoms with E-state index in [1.54, 1.807) is 6.92 Å². The van der Waals surface area contributed by atoms with Crippen molar-refractivity contribution in [3.63, 3.8) is 0 Å². The molecule has 0 aliphatic carbocycles. The minimum atomic E-state index is -1.20. The molecule has 0 saturated carbocycles. The standard InChI is InChI=1S/C18H17BrO2/c1-18(21,12-2-3-13-20)16-8-4-14(5-9-16)15-6-10-17(19)11-7-15/h4-11,20-21H,3,13H2,1H3. The van der Waals surface area contributed by atoms with Crippen molar-refractivity contribution in [2.45, 2.75) is 18.9 Å². The zero-order chi connectivity index (χ0) is 15.3. The molecule has 0 aliphatic rings. The number of hydrogen-bond donors (Lipinski definition) is 2. The SMILES string of the molecule is CC(O)(C#CCCO)c1ccc(-c2ccc(Br)cc2)cc1. The minimum Gasteiger partial charge on any atom is -0.395 e. The molecule has 0 heterocycles. The number of aliphatic hydroxyl groups is 2. The quantitative estimate of drug-likeness (QED) is 0.833. The third kappa shape index (κ3) is 4.18. The molecule has 0 amide bonds. The first kappa shape index (κ1) is 15.8. The van der Waals surface area contributed by atoms with Crippen molar-refractivity contribution < 1.29 is 10.2 Å². The highest BCUT2D eigenvalue weighted by Gasteiger charge is 2.19. The molecular weight excluding hydrogens is 328 g/mol. The van der Waals surface area contributed by atoms with Gasteiger partial charge in [-0.15, -0.1) is 0 Å². The summed E-state index contributed by atoms with van der Waals surface area (Å²) in [4.78, 5) is 0. The van der Waals surface area contributed by atoms with Crippen molar-refractivity contribution in [3.05, 3.63) is 58.6 Å². The molecular formula is C18H17BrO2. The van der Waals surface area contributed by atoms with E-state index in [4.69, 9.17) is 5.11 Å². The molecule has 0 aliphatic heterocycles. The number of benzene rings is 2. The lowest BCUT2D eigenvalue weighted by Gasteiger charge is -2.17. The van der Waals surface area contributed by atoms with Crippen molar-refractivity contribution >= 4 is 15.9 Å². The fraction of sp³-hybridized carbons (Fsp3) is 0.222. The first-order valence-corrected chi connectivity index (χ1v) is 7.52. The first-order chi connectivity index (χ1) is 10.0. The monoisotopic (exact) mass is 344 g/mol. The molecule has 2 rings (SSSR count). The maximum absolute atomic E-state index is 10.3. The average Bonchev–Trinajstić information content (AvgIpc) is 2.48. The van der Waals surface area contributed by atoms with Crippen molar-refractivity contribution in [1.82, 2.24) is 0 Å². The van der Waals surface area contributed by atoms with Crippen LogP contribution in [0.4, 0.5) is 0 Å². The van der Waals surface area contributed by atoms with E-state index in [-0.39, 0.29) is 6.61 Å². The molecule has 0 saturated heterocycles. The lowest BCUT2D eigenvalue weighted by molar-refractivity contribution is 0.122. The highest BCUT2D eigenvalue weighted by Crippen LogP contribution is 2.25. The second-order valence-electron chi connectivity index (χ2n) is 4.93. The van der Waals surface area contributed by atoms with Gasteiger partial charge in [0.2, 0.25) is 0 Å². The van der Waals surface area contributed by atoms with Crippen LogP contribution >= 0.6 is 15.9 Å². The largest absolute Gasteiger partial charge is 0.395 e. The topological polar surface area (TPSA) is 40.5 Å². The second kappa shape index (κ2) is 6.91. The van der Waals surface area contributed by atoms with Gasteiger partial charge in [0.1, 0.15) is 5.60 Å². The van der Waals surface area contributed by atoms with Gasteiger partial charge in [0.25, 0.3) is 0 Å². The summed E-state index contributed by atoms with van der Waals surface area (Å²) in [7, 11) is 0. The van der Waals surface area contributed by atoms with Crippen LogP contribution in [-0.2, 0) is 5.60 Å². The number of rotatable bonds is 3. The molecule has 2 aromatic rings. The lowest BCUT2D eigenvalue weighted by Crippen LogP contribution is -2.18. The Morgan fingerprint density at radius 1 is 1.00 bits per heavy atom. The Labute approximate surface area is 133 Å².